The van der Waals surface area contributed by atoms with Crippen LogP contribution in [-0.2, 0) is 0 Å². The molecule has 3 nitrogen and oxygen atoms in total. The van der Waals surface area contributed by atoms with Gasteiger partial charge in [-0.3, -0.25) is 4.98 Å². The standard InChI is InChI=1S/C11H11N3/c1-8-5-10(6-11(12)14-8)9-3-2-4-13-7-9/h2-7H,1H3,(H2,12,14). The zero-order valence-electron chi connectivity index (χ0n) is 7.94. The minimum atomic E-state index is 0.545. The lowest BCUT2D eigenvalue weighted by atomic mass is 10.1. The second-order valence-electron chi connectivity index (χ2n) is 3.16. The number of nitrogens with two attached hydrogens (primary N) is 1. The summed E-state index contributed by atoms with van der Waals surface area (Å²) in [6, 6.07) is 7.75. The van der Waals surface area contributed by atoms with Crippen molar-refractivity contribution in [3.63, 3.8) is 0 Å². The van der Waals surface area contributed by atoms with Crippen molar-refractivity contribution in [2.24, 2.45) is 0 Å². The lowest BCUT2D eigenvalue weighted by Crippen LogP contribution is -1.93. The van der Waals surface area contributed by atoms with Crippen molar-refractivity contribution >= 4 is 5.82 Å². The van der Waals surface area contributed by atoms with Gasteiger partial charge in [-0.15, -0.1) is 0 Å². The van der Waals surface area contributed by atoms with Gasteiger partial charge in [0.05, 0.1) is 0 Å². The first-order valence-corrected chi connectivity index (χ1v) is 4.40. The Balaban J connectivity index is 2.52. The molecule has 0 bridgehead atoms. The third kappa shape index (κ3) is 1.71. The molecule has 3 heteroatoms. The number of nitrogens with zero attached hydrogens (tertiary/aromatic N) is 2. The number of anilines is 1. The van der Waals surface area contributed by atoms with Crippen LogP contribution in [-0.4, -0.2) is 9.97 Å². The molecular formula is C11H11N3. The smallest absolute Gasteiger partial charge is 0.124 e. The van der Waals surface area contributed by atoms with Gasteiger partial charge >= 0.3 is 0 Å². The Bertz CT molecular complexity index is 417. The first-order valence-electron chi connectivity index (χ1n) is 4.40. The zero-order chi connectivity index (χ0) is 9.97. The molecule has 0 saturated carbocycles. The molecular weight excluding hydrogens is 174 g/mol. The van der Waals surface area contributed by atoms with Crippen LogP contribution in [0.4, 0.5) is 5.82 Å². The summed E-state index contributed by atoms with van der Waals surface area (Å²) in [6.07, 6.45) is 3.56. The molecule has 2 aromatic heterocycles. The van der Waals surface area contributed by atoms with E-state index in [1.807, 2.05) is 37.4 Å². The van der Waals surface area contributed by atoms with Crippen molar-refractivity contribution < 1.29 is 0 Å². The lowest BCUT2D eigenvalue weighted by Gasteiger charge is -2.03. The van der Waals surface area contributed by atoms with Crippen LogP contribution in [0.2, 0.25) is 0 Å². The normalized spacial score (nSPS) is 10.1. The van der Waals surface area contributed by atoms with Gasteiger partial charge in [-0.1, -0.05) is 6.07 Å². The minimum absolute atomic E-state index is 0.545. The molecule has 2 N–H and O–H groups in total. The molecule has 0 saturated heterocycles. The number of rotatable bonds is 1. The third-order valence-electron chi connectivity index (χ3n) is 1.97. The van der Waals surface area contributed by atoms with Crippen molar-refractivity contribution in [3.8, 4) is 11.1 Å². The Morgan fingerprint density at radius 1 is 1.21 bits per heavy atom. The Kier molecular flexibility index (Phi) is 2.14. The highest BCUT2D eigenvalue weighted by atomic mass is 14.8. The SMILES string of the molecule is Cc1cc(-c2cccnc2)cc(N)n1. The van der Waals surface area contributed by atoms with Crippen LogP contribution >= 0.6 is 0 Å². The molecule has 0 fully saturated rings. The molecule has 2 heterocycles. The molecule has 0 aliphatic rings. The number of hydrogen-bond donors (Lipinski definition) is 1. The maximum Gasteiger partial charge on any atom is 0.124 e. The van der Waals surface area contributed by atoms with Crippen molar-refractivity contribution in [1.29, 1.82) is 0 Å². The summed E-state index contributed by atoms with van der Waals surface area (Å²) in [6.45, 7) is 1.93. The molecule has 0 unspecified atom stereocenters. The highest BCUT2D eigenvalue weighted by molar-refractivity contribution is 5.65. The fourth-order valence-electron chi connectivity index (χ4n) is 1.39. The molecule has 0 atom stereocenters. The van der Waals surface area contributed by atoms with Gasteiger partial charge < -0.3 is 5.73 Å². The molecule has 0 radical (unpaired) electrons. The van der Waals surface area contributed by atoms with E-state index in [0.29, 0.717) is 5.82 Å². The Morgan fingerprint density at radius 3 is 2.71 bits per heavy atom. The number of aryl methyl sites for hydroxylation is 1. The van der Waals surface area contributed by atoms with Crippen LogP contribution in [0.3, 0.4) is 0 Å². The summed E-state index contributed by atoms with van der Waals surface area (Å²) in [4.78, 5) is 8.18. The lowest BCUT2D eigenvalue weighted by molar-refractivity contribution is 1.21. The average Bonchev–Trinajstić information content (AvgIpc) is 2.18. The van der Waals surface area contributed by atoms with Crippen LogP contribution in [0.25, 0.3) is 11.1 Å². The predicted octanol–water partition coefficient (Wildman–Crippen LogP) is 2.03. The molecule has 0 aliphatic heterocycles. The quantitative estimate of drug-likeness (QED) is 0.739. The molecule has 0 amide bonds. The second-order valence-corrected chi connectivity index (χ2v) is 3.16. The van der Waals surface area contributed by atoms with Crippen molar-refractivity contribution in [3.05, 3.63) is 42.4 Å². The van der Waals surface area contributed by atoms with Gasteiger partial charge in [0.15, 0.2) is 0 Å². The molecule has 0 aromatic carbocycles. The summed E-state index contributed by atoms with van der Waals surface area (Å²) in [5, 5.41) is 0. The fraction of sp³-hybridized carbons (Fsp3) is 0.0909. The van der Waals surface area contributed by atoms with Crippen LogP contribution in [0.1, 0.15) is 5.69 Å². The summed E-state index contributed by atoms with van der Waals surface area (Å²) in [5.41, 5.74) is 8.70. The number of aromatic nitrogens is 2. The highest BCUT2D eigenvalue weighted by Gasteiger charge is 1.99. The van der Waals surface area contributed by atoms with Crippen LogP contribution in [0.15, 0.2) is 36.7 Å². The molecule has 2 rings (SSSR count). The largest absolute Gasteiger partial charge is 0.384 e. The first kappa shape index (κ1) is 8.69. The molecule has 70 valence electrons. The molecule has 2 aromatic rings. The summed E-state index contributed by atoms with van der Waals surface area (Å²) in [7, 11) is 0. The van der Waals surface area contributed by atoms with Crippen molar-refractivity contribution in [2.45, 2.75) is 6.92 Å². The Hall–Kier alpha value is -1.90. The first-order chi connectivity index (χ1) is 6.75. The number of pyridine rings is 2. The summed E-state index contributed by atoms with van der Waals surface area (Å²) < 4.78 is 0. The van der Waals surface area contributed by atoms with Gasteiger partial charge in [0.1, 0.15) is 5.82 Å². The van der Waals surface area contributed by atoms with Gasteiger partial charge in [0, 0.05) is 23.7 Å². The Morgan fingerprint density at radius 2 is 2.07 bits per heavy atom. The summed E-state index contributed by atoms with van der Waals surface area (Å²) in [5.74, 6) is 0.545. The van der Waals surface area contributed by atoms with Crippen molar-refractivity contribution in [2.75, 3.05) is 5.73 Å². The predicted molar refractivity (Wildman–Crippen MR) is 56.6 cm³/mol. The van der Waals surface area contributed by atoms with E-state index in [1.54, 1.807) is 6.20 Å². The number of hydrogen-bond acceptors (Lipinski definition) is 3. The van der Waals surface area contributed by atoms with Crippen molar-refractivity contribution in [1.82, 2.24) is 9.97 Å². The van der Waals surface area contributed by atoms with Gasteiger partial charge in [-0.25, -0.2) is 4.98 Å². The van der Waals surface area contributed by atoms with Crippen LogP contribution < -0.4 is 5.73 Å². The average molecular weight is 185 g/mol. The second kappa shape index (κ2) is 3.46. The highest BCUT2D eigenvalue weighted by Crippen LogP contribution is 2.20. The van der Waals surface area contributed by atoms with Gasteiger partial charge in [-0.2, -0.15) is 0 Å². The van der Waals surface area contributed by atoms with Gasteiger partial charge in [-0.05, 0) is 30.7 Å². The fourth-order valence-corrected chi connectivity index (χ4v) is 1.39. The van der Waals surface area contributed by atoms with Gasteiger partial charge in [0.25, 0.3) is 0 Å². The zero-order valence-corrected chi connectivity index (χ0v) is 7.94. The third-order valence-corrected chi connectivity index (χ3v) is 1.97. The van der Waals surface area contributed by atoms with E-state index in [2.05, 4.69) is 9.97 Å². The van der Waals surface area contributed by atoms with Gasteiger partial charge in [0.2, 0.25) is 0 Å². The number of nitrogen functional groups attached to an aromatic ring is 1. The maximum atomic E-state index is 5.67. The van der Waals surface area contributed by atoms with Crippen LogP contribution in [0, 0.1) is 6.92 Å². The van der Waals surface area contributed by atoms with E-state index in [4.69, 9.17) is 5.73 Å². The van der Waals surface area contributed by atoms with E-state index in [0.717, 1.165) is 16.8 Å². The van der Waals surface area contributed by atoms with E-state index in [-0.39, 0.29) is 0 Å². The maximum absolute atomic E-state index is 5.67. The van der Waals surface area contributed by atoms with E-state index in [1.165, 1.54) is 0 Å². The van der Waals surface area contributed by atoms with E-state index in [9.17, 15) is 0 Å². The van der Waals surface area contributed by atoms with E-state index < -0.39 is 0 Å². The monoisotopic (exact) mass is 185 g/mol. The molecule has 0 spiro atoms. The van der Waals surface area contributed by atoms with Crippen LogP contribution in [0.5, 0.6) is 0 Å². The Labute approximate surface area is 82.6 Å². The molecule has 0 aliphatic carbocycles. The molecule has 14 heavy (non-hydrogen) atoms. The topological polar surface area (TPSA) is 51.8 Å². The van der Waals surface area contributed by atoms with E-state index >= 15 is 0 Å². The minimum Gasteiger partial charge on any atom is -0.384 e. The summed E-state index contributed by atoms with van der Waals surface area (Å²) >= 11 is 0.